The second kappa shape index (κ2) is 3.88. The fraction of sp³-hybridized carbons (Fsp3) is 0.545. The van der Waals surface area contributed by atoms with Gasteiger partial charge in [-0.15, -0.1) is 0 Å². The van der Waals surface area contributed by atoms with Gasteiger partial charge in [-0.1, -0.05) is 6.07 Å². The molecule has 1 aromatic rings. The van der Waals surface area contributed by atoms with Gasteiger partial charge in [-0.3, -0.25) is 4.98 Å². The summed E-state index contributed by atoms with van der Waals surface area (Å²) in [6.07, 6.45) is 2.24. The number of nitrogens with zero attached hydrogens (tertiary/aromatic N) is 1. The van der Waals surface area contributed by atoms with Gasteiger partial charge < -0.3 is 4.74 Å². The number of hydrogen-bond donors (Lipinski definition) is 0. The van der Waals surface area contributed by atoms with Crippen LogP contribution in [0.3, 0.4) is 0 Å². The first-order valence-corrected chi connectivity index (χ1v) is 4.87. The Kier molecular flexibility index (Phi) is 2.60. The Morgan fingerprint density at radius 2 is 2.08 bits per heavy atom. The smallest absolute Gasteiger partial charge is 0.0472 e. The molecular formula is C11H15NO. The van der Waals surface area contributed by atoms with E-state index in [0.717, 1.165) is 31.7 Å². The van der Waals surface area contributed by atoms with Gasteiger partial charge in [0.2, 0.25) is 0 Å². The highest BCUT2D eigenvalue weighted by Crippen LogP contribution is 2.24. The summed E-state index contributed by atoms with van der Waals surface area (Å²) in [6.45, 7) is 3.82. The average Bonchev–Trinajstić information content (AvgIpc) is 2.19. The van der Waals surface area contributed by atoms with E-state index in [0.29, 0.717) is 5.92 Å². The van der Waals surface area contributed by atoms with Crippen LogP contribution in [-0.4, -0.2) is 18.2 Å². The van der Waals surface area contributed by atoms with E-state index < -0.39 is 0 Å². The summed E-state index contributed by atoms with van der Waals surface area (Å²) in [4.78, 5) is 4.54. The van der Waals surface area contributed by atoms with Crippen molar-refractivity contribution in [2.24, 2.45) is 0 Å². The van der Waals surface area contributed by atoms with Crippen LogP contribution in [0.1, 0.15) is 30.1 Å². The first-order chi connectivity index (χ1) is 6.36. The van der Waals surface area contributed by atoms with Crippen molar-refractivity contribution in [2.75, 3.05) is 13.2 Å². The zero-order chi connectivity index (χ0) is 9.10. The predicted molar refractivity (Wildman–Crippen MR) is 51.8 cm³/mol. The number of aromatic nitrogens is 1. The molecule has 0 aliphatic carbocycles. The maximum atomic E-state index is 5.32. The molecule has 0 N–H and O–H groups in total. The van der Waals surface area contributed by atoms with Crippen molar-refractivity contribution in [1.29, 1.82) is 0 Å². The lowest BCUT2D eigenvalue weighted by atomic mass is 9.96. The minimum atomic E-state index is 0.619. The molecule has 0 aromatic carbocycles. The summed E-state index contributed by atoms with van der Waals surface area (Å²) in [5, 5.41) is 0. The molecule has 0 saturated carbocycles. The molecule has 1 saturated heterocycles. The summed E-state index contributed by atoms with van der Waals surface area (Å²) in [5.41, 5.74) is 2.35. The molecular weight excluding hydrogens is 162 g/mol. The number of ether oxygens (including phenoxy) is 1. The Bertz CT molecular complexity index is 279. The highest BCUT2D eigenvalue weighted by molar-refractivity contribution is 5.14. The normalized spacial score (nSPS) is 18.8. The topological polar surface area (TPSA) is 22.1 Å². The molecule has 0 bridgehead atoms. The number of hydrogen-bond acceptors (Lipinski definition) is 2. The third-order valence-corrected chi connectivity index (χ3v) is 2.55. The monoisotopic (exact) mass is 177 g/mol. The first-order valence-electron chi connectivity index (χ1n) is 4.87. The third kappa shape index (κ3) is 2.07. The zero-order valence-corrected chi connectivity index (χ0v) is 7.99. The summed E-state index contributed by atoms with van der Waals surface area (Å²) < 4.78 is 5.32. The van der Waals surface area contributed by atoms with Crippen molar-refractivity contribution >= 4 is 0 Å². The molecule has 1 fully saturated rings. The first kappa shape index (κ1) is 8.70. The van der Waals surface area contributed by atoms with E-state index in [4.69, 9.17) is 4.74 Å². The molecule has 2 rings (SSSR count). The summed E-state index contributed by atoms with van der Waals surface area (Å²) >= 11 is 0. The second-order valence-electron chi connectivity index (χ2n) is 3.59. The zero-order valence-electron chi connectivity index (χ0n) is 7.99. The molecule has 0 spiro atoms. The number of rotatable bonds is 1. The van der Waals surface area contributed by atoms with Crippen LogP contribution in [0.15, 0.2) is 18.2 Å². The van der Waals surface area contributed by atoms with E-state index in [2.05, 4.69) is 17.1 Å². The van der Waals surface area contributed by atoms with Crippen LogP contribution in [-0.2, 0) is 4.74 Å². The van der Waals surface area contributed by atoms with E-state index in [1.54, 1.807) is 0 Å². The van der Waals surface area contributed by atoms with Crippen LogP contribution in [0.4, 0.5) is 0 Å². The van der Waals surface area contributed by atoms with Crippen molar-refractivity contribution in [3.8, 4) is 0 Å². The molecule has 2 nitrogen and oxygen atoms in total. The molecule has 70 valence electrons. The van der Waals surface area contributed by atoms with Gasteiger partial charge in [-0.25, -0.2) is 0 Å². The van der Waals surface area contributed by atoms with E-state index >= 15 is 0 Å². The lowest BCUT2D eigenvalue weighted by Crippen LogP contribution is -2.15. The van der Waals surface area contributed by atoms with Gasteiger partial charge in [0.15, 0.2) is 0 Å². The SMILES string of the molecule is Cc1cccc(C2CCOCC2)n1. The molecule has 1 aliphatic rings. The Morgan fingerprint density at radius 1 is 1.31 bits per heavy atom. The lowest BCUT2D eigenvalue weighted by molar-refractivity contribution is 0.0845. The largest absolute Gasteiger partial charge is 0.381 e. The fourth-order valence-corrected chi connectivity index (χ4v) is 1.78. The van der Waals surface area contributed by atoms with Gasteiger partial charge in [-0.2, -0.15) is 0 Å². The van der Waals surface area contributed by atoms with E-state index in [1.165, 1.54) is 5.69 Å². The van der Waals surface area contributed by atoms with Gasteiger partial charge >= 0.3 is 0 Å². The van der Waals surface area contributed by atoms with Gasteiger partial charge in [-0.05, 0) is 31.9 Å². The Hall–Kier alpha value is -0.890. The average molecular weight is 177 g/mol. The minimum absolute atomic E-state index is 0.619. The van der Waals surface area contributed by atoms with Crippen LogP contribution < -0.4 is 0 Å². The standard InChI is InChI=1S/C11H15NO/c1-9-3-2-4-11(12-9)10-5-7-13-8-6-10/h2-4,10H,5-8H2,1H3. The Morgan fingerprint density at radius 3 is 2.77 bits per heavy atom. The summed E-state index contributed by atoms with van der Waals surface area (Å²) in [6, 6.07) is 6.26. The summed E-state index contributed by atoms with van der Waals surface area (Å²) in [5.74, 6) is 0.619. The molecule has 13 heavy (non-hydrogen) atoms. The highest BCUT2D eigenvalue weighted by Gasteiger charge is 2.16. The van der Waals surface area contributed by atoms with Crippen molar-refractivity contribution in [2.45, 2.75) is 25.7 Å². The molecule has 0 unspecified atom stereocenters. The molecule has 2 heteroatoms. The predicted octanol–water partition coefficient (Wildman–Crippen LogP) is 2.28. The third-order valence-electron chi connectivity index (χ3n) is 2.55. The van der Waals surface area contributed by atoms with E-state index in [1.807, 2.05) is 13.0 Å². The molecule has 0 radical (unpaired) electrons. The van der Waals surface area contributed by atoms with Gasteiger partial charge in [0.1, 0.15) is 0 Å². The van der Waals surface area contributed by atoms with E-state index in [-0.39, 0.29) is 0 Å². The minimum Gasteiger partial charge on any atom is -0.381 e. The Labute approximate surface area is 78.9 Å². The van der Waals surface area contributed by atoms with Crippen molar-refractivity contribution in [3.63, 3.8) is 0 Å². The molecule has 2 heterocycles. The van der Waals surface area contributed by atoms with E-state index in [9.17, 15) is 0 Å². The molecule has 0 atom stereocenters. The highest BCUT2D eigenvalue weighted by atomic mass is 16.5. The number of pyridine rings is 1. The maximum absolute atomic E-state index is 5.32. The summed E-state index contributed by atoms with van der Waals surface area (Å²) in [7, 11) is 0. The van der Waals surface area contributed by atoms with Crippen molar-refractivity contribution in [1.82, 2.24) is 4.98 Å². The molecule has 1 aliphatic heterocycles. The van der Waals surface area contributed by atoms with Crippen LogP contribution in [0.2, 0.25) is 0 Å². The Balaban J connectivity index is 2.14. The number of aryl methyl sites for hydroxylation is 1. The van der Waals surface area contributed by atoms with Gasteiger partial charge in [0.05, 0.1) is 0 Å². The lowest BCUT2D eigenvalue weighted by Gasteiger charge is -2.21. The van der Waals surface area contributed by atoms with Gasteiger partial charge in [0.25, 0.3) is 0 Å². The van der Waals surface area contributed by atoms with Crippen LogP contribution in [0.5, 0.6) is 0 Å². The van der Waals surface area contributed by atoms with Crippen LogP contribution in [0.25, 0.3) is 0 Å². The van der Waals surface area contributed by atoms with Crippen LogP contribution in [0, 0.1) is 6.92 Å². The molecule has 0 amide bonds. The molecule has 1 aromatic heterocycles. The fourth-order valence-electron chi connectivity index (χ4n) is 1.78. The van der Waals surface area contributed by atoms with Gasteiger partial charge in [0, 0.05) is 30.5 Å². The van der Waals surface area contributed by atoms with Crippen molar-refractivity contribution in [3.05, 3.63) is 29.6 Å². The second-order valence-corrected chi connectivity index (χ2v) is 3.59. The van der Waals surface area contributed by atoms with Crippen LogP contribution >= 0.6 is 0 Å². The maximum Gasteiger partial charge on any atom is 0.0472 e. The quantitative estimate of drug-likeness (QED) is 0.656. The van der Waals surface area contributed by atoms with Crippen molar-refractivity contribution < 1.29 is 4.74 Å².